The second-order valence-corrected chi connectivity index (χ2v) is 6.36. The van der Waals surface area contributed by atoms with Crippen LogP contribution >= 0.6 is 11.6 Å². The van der Waals surface area contributed by atoms with Crippen molar-refractivity contribution in [2.24, 2.45) is 5.14 Å². The van der Waals surface area contributed by atoms with E-state index in [1.54, 1.807) is 19.9 Å². The van der Waals surface area contributed by atoms with Crippen molar-refractivity contribution in [2.45, 2.75) is 25.3 Å². The van der Waals surface area contributed by atoms with E-state index in [2.05, 4.69) is 5.10 Å². The van der Waals surface area contributed by atoms with Crippen LogP contribution in [0, 0.1) is 19.7 Å². The minimum absolute atomic E-state index is 0.00642. The molecule has 2 rings (SSSR count). The Bertz CT molecular complexity index is 771. The van der Waals surface area contributed by atoms with Gasteiger partial charge in [-0.2, -0.15) is 5.10 Å². The molecule has 0 aliphatic rings. The number of sulfonamides is 1. The lowest BCUT2D eigenvalue weighted by molar-refractivity contribution is 0.595. The van der Waals surface area contributed by atoms with Gasteiger partial charge in [0.25, 0.3) is 0 Å². The van der Waals surface area contributed by atoms with Gasteiger partial charge in [0, 0.05) is 0 Å². The number of aryl methyl sites for hydroxylation is 1. The van der Waals surface area contributed by atoms with Crippen LogP contribution in [0.15, 0.2) is 23.1 Å². The fourth-order valence-corrected chi connectivity index (χ4v) is 3.14. The molecule has 1 heterocycles. The molecule has 0 fully saturated rings. The second kappa shape index (κ2) is 5.16. The largest absolute Gasteiger partial charge is 0.264 e. The van der Waals surface area contributed by atoms with Crippen molar-refractivity contribution in [3.05, 3.63) is 46.0 Å². The lowest BCUT2D eigenvalue weighted by atomic mass is 10.2. The van der Waals surface area contributed by atoms with Crippen LogP contribution in [-0.4, -0.2) is 18.2 Å². The number of rotatable bonds is 3. The van der Waals surface area contributed by atoms with Crippen molar-refractivity contribution in [2.75, 3.05) is 0 Å². The average molecular weight is 318 g/mol. The fraction of sp³-hybridized carbons (Fsp3) is 0.250. The average Bonchev–Trinajstić information content (AvgIpc) is 2.58. The van der Waals surface area contributed by atoms with Gasteiger partial charge in [0.1, 0.15) is 10.7 Å². The second-order valence-electron chi connectivity index (χ2n) is 4.45. The van der Waals surface area contributed by atoms with E-state index in [-0.39, 0.29) is 16.5 Å². The van der Waals surface area contributed by atoms with Crippen molar-refractivity contribution in [1.82, 2.24) is 9.78 Å². The molecule has 0 amide bonds. The highest BCUT2D eigenvalue weighted by atomic mass is 35.5. The molecule has 0 aliphatic carbocycles. The van der Waals surface area contributed by atoms with Crippen LogP contribution in [0.4, 0.5) is 4.39 Å². The van der Waals surface area contributed by atoms with Crippen LogP contribution in [0.2, 0.25) is 5.02 Å². The summed E-state index contributed by atoms with van der Waals surface area (Å²) < 4.78 is 37.8. The molecule has 0 saturated carbocycles. The number of benzene rings is 1. The first-order valence-electron chi connectivity index (χ1n) is 5.71. The van der Waals surface area contributed by atoms with Crippen molar-refractivity contribution >= 4 is 21.6 Å². The van der Waals surface area contributed by atoms with Crippen molar-refractivity contribution in [1.29, 1.82) is 0 Å². The van der Waals surface area contributed by atoms with E-state index in [4.69, 9.17) is 16.7 Å². The van der Waals surface area contributed by atoms with Gasteiger partial charge in [0.15, 0.2) is 0 Å². The Labute approximate surface area is 121 Å². The van der Waals surface area contributed by atoms with Crippen LogP contribution in [0.5, 0.6) is 0 Å². The highest BCUT2D eigenvalue weighted by Crippen LogP contribution is 2.20. The molecular formula is C12H13ClFN3O2S. The summed E-state index contributed by atoms with van der Waals surface area (Å²) in [5.41, 5.74) is 1.36. The summed E-state index contributed by atoms with van der Waals surface area (Å²) in [5.74, 6) is -0.530. The van der Waals surface area contributed by atoms with Crippen LogP contribution in [0.25, 0.3) is 0 Å². The van der Waals surface area contributed by atoms with E-state index >= 15 is 0 Å². The maximum atomic E-state index is 13.4. The highest BCUT2D eigenvalue weighted by molar-refractivity contribution is 7.89. The molecule has 0 atom stereocenters. The van der Waals surface area contributed by atoms with Gasteiger partial charge in [0.2, 0.25) is 10.0 Å². The molecule has 0 unspecified atom stereocenters. The highest BCUT2D eigenvalue weighted by Gasteiger charge is 2.21. The minimum atomic E-state index is -3.83. The lowest BCUT2D eigenvalue weighted by Gasteiger charge is -2.06. The normalized spacial score (nSPS) is 11.8. The first-order chi connectivity index (χ1) is 9.20. The summed E-state index contributed by atoms with van der Waals surface area (Å²) >= 11 is 5.61. The summed E-state index contributed by atoms with van der Waals surface area (Å²) in [6.07, 6.45) is 0. The van der Waals surface area contributed by atoms with Gasteiger partial charge in [-0.25, -0.2) is 17.9 Å². The number of nitrogens with zero attached hydrogens (tertiary/aromatic N) is 2. The number of hydrogen-bond acceptors (Lipinski definition) is 3. The predicted octanol–water partition coefficient (Wildman–Crippen LogP) is 1.99. The topological polar surface area (TPSA) is 78.0 Å². The van der Waals surface area contributed by atoms with E-state index in [0.717, 1.165) is 0 Å². The number of nitrogens with two attached hydrogens (primary N) is 1. The van der Waals surface area contributed by atoms with Crippen LogP contribution in [-0.2, 0) is 16.6 Å². The van der Waals surface area contributed by atoms with Gasteiger partial charge in [-0.3, -0.25) is 4.68 Å². The molecule has 8 heteroatoms. The fourth-order valence-electron chi connectivity index (χ4n) is 2.06. The number of aromatic nitrogens is 2. The third kappa shape index (κ3) is 2.84. The first-order valence-corrected chi connectivity index (χ1v) is 7.63. The minimum Gasteiger partial charge on any atom is -0.264 e. The van der Waals surface area contributed by atoms with E-state index in [1.807, 2.05) is 0 Å². The van der Waals surface area contributed by atoms with Crippen LogP contribution in [0.1, 0.15) is 17.0 Å². The molecule has 5 nitrogen and oxygen atoms in total. The molecule has 1 aromatic carbocycles. The van der Waals surface area contributed by atoms with Crippen molar-refractivity contribution in [3.8, 4) is 0 Å². The summed E-state index contributed by atoms with van der Waals surface area (Å²) in [6.45, 7) is 3.40. The monoisotopic (exact) mass is 317 g/mol. The van der Waals surface area contributed by atoms with Gasteiger partial charge in [0.05, 0.1) is 23.0 Å². The molecule has 2 aromatic rings. The number of hydrogen-bond donors (Lipinski definition) is 1. The van der Waals surface area contributed by atoms with Crippen molar-refractivity contribution in [3.63, 3.8) is 0 Å². The van der Waals surface area contributed by atoms with Crippen molar-refractivity contribution < 1.29 is 12.8 Å². The van der Waals surface area contributed by atoms with E-state index in [0.29, 0.717) is 17.0 Å². The molecule has 0 aliphatic heterocycles. The molecule has 20 heavy (non-hydrogen) atoms. The summed E-state index contributed by atoms with van der Waals surface area (Å²) in [4.78, 5) is 0.00642. The quantitative estimate of drug-likeness (QED) is 0.940. The van der Waals surface area contributed by atoms with Gasteiger partial charge in [-0.1, -0.05) is 17.7 Å². The van der Waals surface area contributed by atoms with Crippen LogP contribution < -0.4 is 5.14 Å². The maximum Gasteiger partial charge on any atom is 0.241 e. The molecule has 0 saturated heterocycles. The Hall–Kier alpha value is -1.44. The molecule has 0 radical (unpaired) electrons. The molecule has 0 spiro atoms. The smallest absolute Gasteiger partial charge is 0.241 e. The number of primary sulfonamides is 1. The van der Waals surface area contributed by atoms with E-state index < -0.39 is 15.8 Å². The Kier molecular flexibility index (Phi) is 3.86. The summed E-state index contributed by atoms with van der Waals surface area (Å²) in [7, 11) is -3.83. The van der Waals surface area contributed by atoms with Crippen LogP contribution in [0.3, 0.4) is 0 Å². The van der Waals surface area contributed by atoms with Gasteiger partial charge in [-0.15, -0.1) is 0 Å². The van der Waals surface area contributed by atoms with Gasteiger partial charge < -0.3 is 0 Å². The standard InChI is InChI=1S/C12H13ClFN3O2S/c1-7-12(20(15,18)19)8(2)17(16-7)6-9-3-4-10(13)11(14)5-9/h3-5H,6H2,1-2H3,(H2,15,18,19). The van der Waals surface area contributed by atoms with Gasteiger partial charge in [-0.05, 0) is 31.5 Å². The summed E-state index contributed by atoms with van der Waals surface area (Å²) in [6, 6.07) is 4.38. The Morgan fingerprint density at radius 3 is 2.55 bits per heavy atom. The molecule has 0 bridgehead atoms. The molecule has 108 valence electrons. The predicted molar refractivity (Wildman–Crippen MR) is 73.6 cm³/mol. The number of halogens is 2. The third-order valence-corrected chi connectivity index (χ3v) is 4.38. The van der Waals surface area contributed by atoms with Gasteiger partial charge >= 0.3 is 0 Å². The Morgan fingerprint density at radius 1 is 1.40 bits per heavy atom. The molecular weight excluding hydrogens is 305 g/mol. The zero-order valence-corrected chi connectivity index (χ0v) is 12.5. The SMILES string of the molecule is Cc1nn(Cc2ccc(Cl)c(F)c2)c(C)c1S(N)(=O)=O. The zero-order chi connectivity index (χ0) is 15.1. The van der Waals surface area contributed by atoms with E-state index in [1.165, 1.54) is 16.8 Å². The zero-order valence-electron chi connectivity index (χ0n) is 10.9. The molecule has 2 N–H and O–H groups in total. The third-order valence-electron chi connectivity index (χ3n) is 2.92. The summed E-state index contributed by atoms with van der Waals surface area (Å²) in [5, 5.41) is 9.31. The Balaban J connectivity index is 2.43. The first kappa shape index (κ1) is 15.0. The maximum absolute atomic E-state index is 13.4. The lowest BCUT2D eigenvalue weighted by Crippen LogP contribution is -2.14. The molecule has 1 aromatic heterocycles. The Morgan fingerprint density at radius 2 is 2.05 bits per heavy atom. The van der Waals surface area contributed by atoms with E-state index in [9.17, 15) is 12.8 Å².